The Bertz CT molecular complexity index is 461. The van der Waals surface area contributed by atoms with Crippen LogP contribution < -0.4 is 5.32 Å². The molecular formula is C15H20FNO2S. The number of halogens is 1. The molecule has 0 aliphatic heterocycles. The summed E-state index contributed by atoms with van der Waals surface area (Å²) in [7, 11) is 0. The van der Waals surface area contributed by atoms with E-state index >= 15 is 0 Å². The number of hydrogen-bond donors (Lipinski definition) is 2. The summed E-state index contributed by atoms with van der Waals surface area (Å²) in [5.74, 6) is -0.959. The van der Waals surface area contributed by atoms with Crippen LogP contribution in [0.4, 0.5) is 4.39 Å². The maximum atomic E-state index is 13.5. The molecule has 1 amide bonds. The lowest BCUT2D eigenvalue weighted by molar-refractivity contribution is 0.0299. The Hall–Kier alpha value is -1.07. The highest BCUT2D eigenvalue weighted by molar-refractivity contribution is 7.80. The Kier molecular flexibility index (Phi) is 5.86. The molecule has 110 valence electrons. The summed E-state index contributed by atoms with van der Waals surface area (Å²) in [4.78, 5) is 12.4. The van der Waals surface area contributed by atoms with Crippen molar-refractivity contribution in [3.05, 3.63) is 29.6 Å². The first-order valence-corrected chi connectivity index (χ1v) is 7.50. The van der Waals surface area contributed by atoms with Gasteiger partial charge in [-0.1, -0.05) is 19.3 Å². The van der Waals surface area contributed by atoms with Gasteiger partial charge in [-0.05, 0) is 31.0 Å². The molecule has 1 aliphatic rings. The molecule has 0 aromatic heterocycles. The smallest absolute Gasteiger partial charge is 0.254 e. The fraction of sp³-hybridized carbons (Fsp3) is 0.533. The van der Waals surface area contributed by atoms with Gasteiger partial charge >= 0.3 is 0 Å². The van der Waals surface area contributed by atoms with Crippen molar-refractivity contribution in [1.29, 1.82) is 0 Å². The molecule has 0 atom stereocenters. The molecular weight excluding hydrogens is 277 g/mol. The summed E-state index contributed by atoms with van der Waals surface area (Å²) >= 11 is 4.10. The van der Waals surface area contributed by atoms with Gasteiger partial charge in [-0.3, -0.25) is 4.79 Å². The van der Waals surface area contributed by atoms with Gasteiger partial charge in [-0.25, -0.2) is 4.39 Å². The molecule has 1 aromatic carbocycles. The van der Waals surface area contributed by atoms with Crippen molar-refractivity contribution in [1.82, 2.24) is 5.32 Å². The van der Waals surface area contributed by atoms with E-state index in [2.05, 4.69) is 17.9 Å². The minimum absolute atomic E-state index is 0.0233. The van der Waals surface area contributed by atoms with Gasteiger partial charge in [0.25, 0.3) is 5.91 Å². The van der Waals surface area contributed by atoms with Crippen molar-refractivity contribution >= 4 is 18.5 Å². The molecule has 1 saturated carbocycles. The average molecular weight is 297 g/mol. The van der Waals surface area contributed by atoms with Crippen molar-refractivity contribution in [2.45, 2.75) is 43.1 Å². The fourth-order valence-electron chi connectivity index (χ4n) is 2.40. The molecule has 3 nitrogen and oxygen atoms in total. The maximum Gasteiger partial charge on any atom is 0.254 e. The highest BCUT2D eigenvalue weighted by Crippen LogP contribution is 2.20. The summed E-state index contributed by atoms with van der Waals surface area (Å²) in [5, 5.41) is 2.67. The molecule has 1 aliphatic carbocycles. The molecule has 5 heteroatoms. The fourth-order valence-corrected chi connectivity index (χ4v) is 2.61. The summed E-state index contributed by atoms with van der Waals surface area (Å²) in [6.07, 6.45) is 6.25. The third-order valence-electron chi connectivity index (χ3n) is 3.49. The Morgan fingerprint density at radius 1 is 1.35 bits per heavy atom. The van der Waals surface area contributed by atoms with E-state index in [9.17, 15) is 9.18 Å². The molecule has 1 N–H and O–H groups in total. The lowest BCUT2D eigenvalue weighted by atomic mass is 9.98. The van der Waals surface area contributed by atoms with Crippen LogP contribution in [0.25, 0.3) is 0 Å². The van der Waals surface area contributed by atoms with Gasteiger partial charge in [0, 0.05) is 11.4 Å². The molecule has 0 bridgehead atoms. The SMILES string of the molecule is O=C(NCCOC1CCCCC1)c1cc(S)ccc1F. The quantitative estimate of drug-likeness (QED) is 0.647. The van der Waals surface area contributed by atoms with E-state index in [1.807, 2.05) is 0 Å². The zero-order valence-electron chi connectivity index (χ0n) is 11.4. The second-order valence-electron chi connectivity index (χ2n) is 5.05. The maximum absolute atomic E-state index is 13.5. The lowest BCUT2D eigenvalue weighted by Gasteiger charge is -2.22. The summed E-state index contributed by atoms with van der Waals surface area (Å²) in [5.41, 5.74) is 0.0233. The molecule has 20 heavy (non-hydrogen) atoms. The second kappa shape index (κ2) is 7.64. The van der Waals surface area contributed by atoms with Gasteiger partial charge in [0.05, 0.1) is 18.3 Å². The largest absolute Gasteiger partial charge is 0.376 e. The minimum Gasteiger partial charge on any atom is -0.376 e. The zero-order chi connectivity index (χ0) is 14.4. The van der Waals surface area contributed by atoms with Crippen LogP contribution in [-0.4, -0.2) is 25.2 Å². The number of ether oxygens (including phenoxy) is 1. The Balaban J connectivity index is 1.73. The summed E-state index contributed by atoms with van der Waals surface area (Å²) in [6.45, 7) is 0.865. The van der Waals surface area contributed by atoms with Gasteiger partial charge in [0.2, 0.25) is 0 Å². The van der Waals surface area contributed by atoms with Crippen molar-refractivity contribution in [3.8, 4) is 0 Å². The number of nitrogens with one attached hydrogen (secondary N) is 1. The van der Waals surface area contributed by atoms with E-state index in [0.29, 0.717) is 24.2 Å². The molecule has 0 radical (unpaired) electrons. The van der Waals surface area contributed by atoms with Crippen LogP contribution in [0.3, 0.4) is 0 Å². The lowest BCUT2D eigenvalue weighted by Crippen LogP contribution is -2.30. The summed E-state index contributed by atoms with van der Waals surface area (Å²) in [6, 6.07) is 4.19. The molecule has 1 fully saturated rings. The highest BCUT2D eigenvalue weighted by Gasteiger charge is 2.14. The topological polar surface area (TPSA) is 38.3 Å². The Labute approximate surface area is 124 Å². The van der Waals surface area contributed by atoms with Crippen LogP contribution in [0, 0.1) is 5.82 Å². The third kappa shape index (κ3) is 4.49. The second-order valence-corrected chi connectivity index (χ2v) is 5.57. The van der Waals surface area contributed by atoms with Crippen LogP contribution in [0.1, 0.15) is 42.5 Å². The first-order valence-electron chi connectivity index (χ1n) is 7.05. The molecule has 0 heterocycles. The van der Waals surface area contributed by atoms with E-state index in [1.54, 1.807) is 0 Å². The zero-order valence-corrected chi connectivity index (χ0v) is 12.3. The number of rotatable bonds is 5. The van der Waals surface area contributed by atoms with Gasteiger partial charge in [0.15, 0.2) is 0 Å². The summed E-state index contributed by atoms with van der Waals surface area (Å²) < 4.78 is 19.2. The van der Waals surface area contributed by atoms with Crippen molar-refractivity contribution in [3.63, 3.8) is 0 Å². The van der Waals surface area contributed by atoms with Gasteiger partial charge in [0.1, 0.15) is 5.82 Å². The van der Waals surface area contributed by atoms with Crippen LogP contribution >= 0.6 is 12.6 Å². The normalized spacial score (nSPS) is 16.1. The number of thiol groups is 1. The number of amides is 1. The number of hydrogen-bond acceptors (Lipinski definition) is 3. The molecule has 0 saturated heterocycles. The first-order chi connectivity index (χ1) is 9.66. The van der Waals surface area contributed by atoms with Crippen molar-refractivity contribution in [2.75, 3.05) is 13.2 Å². The van der Waals surface area contributed by atoms with E-state index in [4.69, 9.17) is 4.74 Å². The van der Waals surface area contributed by atoms with Crippen molar-refractivity contribution in [2.24, 2.45) is 0 Å². The monoisotopic (exact) mass is 297 g/mol. The van der Waals surface area contributed by atoms with Crippen LogP contribution in [0.2, 0.25) is 0 Å². The average Bonchev–Trinajstić information content (AvgIpc) is 2.47. The predicted octanol–water partition coefficient (Wildman–Crippen LogP) is 3.19. The number of carbonyl (C=O) groups is 1. The van der Waals surface area contributed by atoms with Crippen LogP contribution in [0.15, 0.2) is 23.1 Å². The van der Waals surface area contributed by atoms with Gasteiger partial charge < -0.3 is 10.1 Å². The standard InChI is InChI=1S/C15H20FNO2S/c16-14-7-6-12(20)10-13(14)15(18)17-8-9-19-11-4-2-1-3-5-11/h6-7,10-11,20H,1-5,8-9H2,(H,17,18). The molecule has 0 unspecified atom stereocenters. The third-order valence-corrected chi connectivity index (χ3v) is 3.77. The first kappa shape index (κ1) is 15.3. The Morgan fingerprint density at radius 3 is 2.85 bits per heavy atom. The molecule has 0 spiro atoms. The highest BCUT2D eigenvalue weighted by atomic mass is 32.1. The van der Waals surface area contributed by atoms with Crippen LogP contribution in [0.5, 0.6) is 0 Å². The van der Waals surface area contributed by atoms with E-state index in [1.165, 1.54) is 37.5 Å². The van der Waals surface area contributed by atoms with Gasteiger partial charge in [-0.2, -0.15) is 0 Å². The van der Waals surface area contributed by atoms with Crippen LogP contribution in [-0.2, 0) is 4.74 Å². The molecule has 2 rings (SSSR count). The van der Waals surface area contributed by atoms with Crippen molar-refractivity contribution < 1.29 is 13.9 Å². The van der Waals surface area contributed by atoms with E-state index in [0.717, 1.165) is 12.8 Å². The van der Waals surface area contributed by atoms with E-state index in [-0.39, 0.29) is 5.56 Å². The van der Waals surface area contributed by atoms with Gasteiger partial charge in [-0.15, -0.1) is 12.6 Å². The number of benzene rings is 1. The molecule has 1 aromatic rings. The predicted molar refractivity (Wildman–Crippen MR) is 78.8 cm³/mol. The Morgan fingerprint density at radius 2 is 2.10 bits per heavy atom. The van der Waals surface area contributed by atoms with E-state index < -0.39 is 11.7 Å². The minimum atomic E-state index is -0.534. The number of carbonyl (C=O) groups excluding carboxylic acids is 1.